The first-order valence-corrected chi connectivity index (χ1v) is 7.18. The molecule has 1 heterocycles. The van der Waals surface area contributed by atoms with E-state index in [0.717, 1.165) is 22.4 Å². The van der Waals surface area contributed by atoms with Gasteiger partial charge in [0.15, 0.2) is 0 Å². The Labute approximate surface area is 114 Å². The summed E-state index contributed by atoms with van der Waals surface area (Å²) < 4.78 is 25.0. The molecule has 0 unspecified atom stereocenters. The molecular formula is C11H9ClN2O4S. The number of halogens is 1. The quantitative estimate of drug-likeness (QED) is 0.641. The molecule has 2 aromatic rings. The number of benzene rings is 1. The third kappa shape index (κ3) is 2.94. The largest absolute Gasteiger partial charge is 0.288 e. The number of nitro groups is 1. The van der Waals surface area contributed by atoms with Crippen LogP contribution in [-0.2, 0) is 15.8 Å². The molecule has 0 saturated heterocycles. The lowest BCUT2D eigenvalue weighted by molar-refractivity contribution is -0.384. The van der Waals surface area contributed by atoms with Crippen molar-refractivity contribution in [1.29, 1.82) is 0 Å². The molecule has 0 radical (unpaired) electrons. The average molecular weight is 301 g/mol. The van der Waals surface area contributed by atoms with Crippen molar-refractivity contribution < 1.29 is 13.3 Å². The number of rotatable bonds is 4. The molecule has 0 bridgehead atoms. The molecular weight excluding hydrogens is 292 g/mol. The number of hydrogen-bond donors (Lipinski definition) is 0. The van der Waals surface area contributed by atoms with Gasteiger partial charge in [-0.25, -0.2) is 12.4 Å². The lowest BCUT2D eigenvalue weighted by Crippen LogP contribution is -2.13. The highest BCUT2D eigenvalue weighted by atomic mass is 35.5. The van der Waals surface area contributed by atoms with Crippen LogP contribution >= 0.6 is 11.6 Å². The molecule has 1 aromatic carbocycles. The summed E-state index contributed by atoms with van der Waals surface area (Å²) in [5.74, 6) is -0.321. The van der Waals surface area contributed by atoms with Gasteiger partial charge in [-0.3, -0.25) is 10.1 Å². The van der Waals surface area contributed by atoms with Crippen molar-refractivity contribution in [3.05, 3.63) is 63.4 Å². The molecule has 2 rings (SSSR count). The molecule has 0 aliphatic rings. The van der Waals surface area contributed by atoms with Gasteiger partial charge >= 0.3 is 0 Å². The van der Waals surface area contributed by atoms with Crippen LogP contribution in [-0.4, -0.2) is 17.3 Å². The summed E-state index contributed by atoms with van der Waals surface area (Å²) in [6.07, 6.45) is 2.11. The zero-order valence-corrected chi connectivity index (χ0v) is 11.1. The Balaban J connectivity index is 2.32. The first kappa shape index (κ1) is 13.6. The molecule has 100 valence electrons. The topological polar surface area (TPSA) is 82.2 Å². The smallest absolute Gasteiger partial charge is 0.258 e. The van der Waals surface area contributed by atoms with Crippen LogP contribution in [0.1, 0.15) is 5.56 Å². The van der Waals surface area contributed by atoms with E-state index in [1.165, 1.54) is 0 Å². The van der Waals surface area contributed by atoms with Crippen molar-refractivity contribution in [2.45, 2.75) is 5.75 Å². The standard InChI is InChI=1S/C11H9ClN2O4S/c12-11-4-2-1-3-9(11)8-19(17,18)13-6-5-10(7-13)14(15)16/h1-7H,8H2. The van der Waals surface area contributed by atoms with Crippen LogP contribution in [0.3, 0.4) is 0 Å². The van der Waals surface area contributed by atoms with Crippen LogP contribution in [0.5, 0.6) is 0 Å². The molecule has 1 aromatic heterocycles. The Hall–Kier alpha value is -1.86. The van der Waals surface area contributed by atoms with Gasteiger partial charge in [-0.05, 0) is 11.6 Å². The molecule has 6 nitrogen and oxygen atoms in total. The second-order valence-corrected chi connectivity index (χ2v) is 6.09. The lowest BCUT2D eigenvalue weighted by atomic mass is 10.2. The molecule has 19 heavy (non-hydrogen) atoms. The average Bonchev–Trinajstić information content (AvgIpc) is 2.82. The van der Waals surface area contributed by atoms with Gasteiger partial charge in [-0.2, -0.15) is 0 Å². The monoisotopic (exact) mass is 300 g/mol. The van der Waals surface area contributed by atoms with Crippen LogP contribution in [0.2, 0.25) is 5.02 Å². The van der Waals surface area contributed by atoms with Gasteiger partial charge < -0.3 is 0 Å². The van der Waals surface area contributed by atoms with E-state index in [4.69, 9.17) is 11.6 Å². The Bertz CT molecular complexity index is 724. The summed E-state index contributed by atoms with van der Waals surface area (Å²) in [6, 6.07) is 7.68. The van der Waals surface area contributed by atoms with E-state index < -0.39 is 14.9 Å². The SMILES string of the molecule is O=[N+]([O-])c1ccn(S(=O)(=O)Cc2ccccc2Cl)c1. The fourth-order valence-corrected chi connectivity index (χ4v) is 3.12. The Morgan fingerprint density at radius 1 is 1.26 bits per heavy atom. The van der Waals surface area contributed by atoms with Crippen LogP contribution in [0, 0.1) is 10.1 Å². The zero-order chi connectivity index (χ0) is 14.0. The lowest BCUT2D eigenvalue weighted by Gasteiger charge is -2.06. The minimum atomic E-state index is -3.72. The molecule has 0 amide bonds. The molecule has 0 aliphatic heterocycles. The van der Waals surface area contributed by atoms with E-state index in [0.29, 0.717) is 10.6 Å². The van der Waals surface area contributed by atoms with Crippen LogP contribution in [0.25, 0.3) is 0 Å². The van der Waals surface area contributed by atoms with Gasteiger partial charge in [0.2, 0.25) is 10.0 Å². The number of nitrogens with zero attached hydrogens (tertiary/aromatic N) is 2. The summed E-state index contributed by atoms with van der Waals surface area (Å²) in [5.41, 5.74) is 0.170. The van der Waals surface area contributed by atoms with Crippen LogP contribution in [0.15, 0.2) is 42.7 Å². The highest BCUT2D eigenvalue weighted by molar-refractivity contribution is 7.89. The van der Waals surface area contributed by atoms with Gasteiger partial charge in [0.25, 0.3) is 5.69 Å². The molecule has 0 atom stereocenters. The van der Waals surface area contributed by atoms with Crippen molar-refractivity contribution in [2.75, 3.05) is 0 Å². The highest BCUT2D eigenvalue weighted by Crippen LogP contribution is 2.20. The predicted octanol–water partition coefficient (Wildman–Crippen LogP) is 2.43. The molecule has 0 fully saturated rings. The predicted molar refractivity (Wildman–Crippen MR) is 70.6 cm³/mol. The fraction of sp³-hybridized carbons (Fsp3) is 0.0909. The van der Waals surface area contributed by atoms with E-state index in [2.05, 4.69) is 0 Å². The second-order valence-electron chi connectivity index (χ2n) is 3.80. The fourth-order valence-electron chi connectivity index (χ4n) is 1.53. The minimum Gasteiger partial charge on any atom is -0.258 e. The van der Waals surface area contributed by atoms with Gasteiger partial charge in [0.05, 0.1) is 16.9 Å². The summed E-state index contributed by atoms with van der Waals surface area (Å²) in [5, 5.41) is 10.9. The van der Waals surface area contributed by atoms with Crippen molar-refractivity contribution in [3.63, 3.8) is 0 Å². The molecule has 0 spiro atoms. The van der Waals surface area contributed by atoms with Crippen LogP contribution in [0.4, 0.5) is 5.69 Å². The zero-order valence-electron chi connectivity index (χ0n) is 9.56. The second kappa shape index (κ2) is 5.02. The maximum atomic E-state index is 12.1. The number of hydrogen-bond acceptors (Lipinski definition) is 4. The minimum absolute atomic E-state index is 0.275. The maximum Gasteiger partial charge on any atom is 0.288 e. The first-order valence-electron chi connectivity index (χ1n) is 5.19. The molecule has 0 N–H and O–H groups in total. The summed E-state index contributed by atoms with van der Waals surface area (Å²) in [4.78, 5) is 9.88. The third-order valence-corrected chi connectivity index (χ3v) is 4.39. The normalized spacial score (nSPS) is 11.4. The third-order valence-electron chi connectivity index (χ3n) is 2.48. The van der Waals surface area contributed by atoms with Crippen molar-refractivity contribution in [3.8, 4) is 0 Å². The first-order chi connectivity index (χ1) is 8.90. The molecule has 0 saturated carbocycles. The van der Waals surface area contributed by atoms with Crippen molar-refractivity contribution >= 4 is 27.3 Å². The van der Waals surface area contributed by atoms with E-state index >= 15 is 0 Å². The van der Waals surface area contributed by atoms with E-state index in [1.54, 1.807) is 24.3 Å². The van der Waals surface area contributed by atoms with Gasteiger partial charge in [0, 0.05) is 17.3 Å². The van der Waals surface area contributed by atoms with E-state index in [9.17, 15) is 18.5 Å². The Morgan fingerprint density at radius 3 is 2.53 bits per heavy atom. The highest BCUT2D eigenvalue weighted by Gasteiger charge is 2.18. The molecule has 8 heteroatoms. The van der Waals surface area contributed by atoms with E-state index in [-0.39, 0.29) is 11.4 Å². The summed E-state index contributed by atoms with van der Waals surface area (Å²) in [6.45, 7) is 0. The van der Waals surface area contributed by atoms with Gasteiger partial charge in [-0.15, -0.1) is 0 Å². The van der Waals surface area contributed by atoms with Gasteiger partial charge in [-0.1, -0.05) is 29.8 Å². The molecule has 0 aliphatic carbocycles. The summed E-state index contributed by atoms with van der Waals surface area (Å²) >= 11 is 5.89. The van der Waals surface area contributed by atoms with Gasteiger partial charge in [0.1, 0.15) is 0 Å². The number of aromatic nitrogens is 1. The van der Waals surface area contributed by atoms with Crippen LogP contribution < -0.4 is 0 Å². The Morgan fingerprint density at radius 2 is 1.95 bits per heavy atom. The van der Waals surface area contributed by atoms with E-state index in [1.807, 2.05) is 0 Å². The van der Waals surface area contributed by atoms with Crippen molar-refractivity contribution in [1.82, 2.24) is 3.97 Å². The summed E-state index contributed by atoms with van der Waals surface area (Å²) in [7, 11) is -3.72. The Kier molecular flexibility index (Phi) is 3.59. The maximum absolute atomic E-state index is 12.1. The van der Waals surface area contributed by atoms with Crippen molar-refractivity contribution in [2.24, 2.45) is 0 Å².